The molecule has 1 heterocycles. The lowest BCUT2D eigenvalue weighted by Crippen LogP contribution is -2.43. The Morgan fingerprint density at radius 3 is 2.42 bits per heavy atom. The van der Waals surface area contributed by atoms with Crippen LogP contribution in [0, 0.1) is 13.8 Å². The molecule has 0 saturated heterocycles. The van der Waals surface area contributed by atoms with Crippen LogP contribution in [0.4, 0.5) is 0 Å². The number of aromatic amines is 1. The minimum Gasteiger partial charge on any atom is -0.362 e. The van der Waals surface area contributed by atoms with Gasteiger partial charge < -0.3 is 10.7 Å². The van der Waals surface area contributed by atoms with Gasteiger partial charge in [-0.15, -0.1) is 0 Å². The normalized spacial score (nSPS) is 20.6. The number of hydrogen-bond donors (Lipinski definition) is 2. The second-order valence-corrected chi connectivity index (χ2v) is 4.00. The van der Waals surface area contributed by atoms with Crippen LogP contribution < -0.4 is 5.73 Å². The van der Waals surface area contributed by atoms with Crippen LogP contribution in [-0.4, -0.2) is 4.98 Å². The Kier molecular flexibility index (Phi) is 1.55. The van der Waals surface area contributed by atoms with Crippen LogP contribution >= 0.6 is 0 Å². The van der Waals surface area contributed by atoms with Gasteiger partial charge in [-0.05, 0) is 44.7 Å². The maximum absolute atomic E-state index is 6.22. The fourth-order valence-electron chi connectivity index (χ4n) is 2.07. The third-order valence-corrected chi connectivity index (χ3v) is 2.93. The van der Waals surface area contributed by atoms with Crippen molar-refractivity contribution in [1.82, 2.24) is 4.98 Å². The summed E-state index contributed by atoms with van der Waals surface area (Å²) >= 11 is 0. The predicted molar refractivity (Wildman–Crippen MR) is 50.0 cm³/mol. The summed E-state index contributed by atoms with van der Waals surface area (Å²) < 4.78 is 0. The molecule has 0 unspecified atom stereocenters. The highest BCUT2D eigenvalue weighted by Crippen LogP contribution is 2.40. The molecule has 2 heteroatoms. The Bertz CT molecular complexity index is 295. The van der Waals surface area contributed by atoms with Crippen LogP contribution in [-0.2, 0) is 5.54 Å². The smallest absolute Gasteiger partial charge is 0.0427 e. The number of aromatic nitrogens is 1. The van der Waals surface area contributed by atoms with E-state index in [0.29, 0.717) is 0 Å². The highest BCUT2D eigenvalue weighted by Gasteiger charge is 2.36. The van der Waals surface area contributed by atoms with Gasteiger partial charge in [0.25, 0.3) is 0 Å². The van der Waals surface area contributed by atoms with Crippen molar-refractivity contribution in [3.05, 3.63) is 23.0 Å². The van der Waals surface area contributed by atoms with Crippen LogP contribution in [0.5, 0.6) is 0 Å². The molecule has 0 amide bonds. The molecule has 0 radical (unpaired) electrons. The van der Waals surface area contributed by atoms with Crippen molar-refractivity contribution in [2.45, 2.75) is 38.6 Å². The molecule has 1 aliphatic carbocycles. The molecule has 1 aromatic heterocycles. The second kappa shape index (κ2) is 2.36. The van der Waals surface area contributed by atoms with E-state index in [9.17, 15) is 0 Å². The molecule has 66 valence electrons. The molecule has 1 saturated carbocycles. The van der Waals surface area contributed by atoms with Crippen LogP contribution in [0.25, 0.3) is 0 Å². The summed E-state index contributed by atoms with van der Waals surface area (Å²) in [6.07, 6.45) is 3.57. The van der Waals surface area contributed by atoms with E-state index in [1.54, 1.807) is 0 Å². The number of nitrogens with two attached hydrogens (primary N) is 1. The van der Waals surface area contributed by atoms with Gasteiger partial charge in [0, 0.05) is 16.9 Å². The molecule has 0 atom stereocenters. The molecule has 1 aliphatic rings. The minimum atomic E-state index is -0.00512. The van der Waals surface area contributed by atoms with Gasteiger partial charge in [-0.2, -0.15) is 0 Å². The van der Waals surface area contributed by atoms with Crippen molar-refractivity contribution in [2.24, 2.45) is 5.73 Å². The van der Waals surface area contributed by atoms with Crippen molar-refractivity contribution in [1.29, 1.82) is 0 Å². The first-order valence-electron chi connectivity index (χ1n) is 4.57. The van der Waals surface area contributed by atoms with E-state index in [-0.39, 0.29) is 5.54 Å². The van der Waals surface area contributed by atoms with E-state index >= 15 is 0 Å². The maximum Gasteiger partial charge on any atom is 0.0427 e. The summed E-state index contributed by atoms with van der Waals surface area (Å²) in [5.41, 5.74) is 10.0. The molecule has 3 N–H and O–H groups in total. The monoisotopic (exact) mass is 164 g/mol. The van der Waals surface area contributed by atoms with Crippen molar-refractivity contribution in [3.8, 4) is 0 Å². The molecule has 1 fully saturated rings. The van der Waals surface area contributed by atoms with Gasteiger partial charge in [0.1, 0.15) is 0 Å². The van der Waals surface area contributed by atoms with E-state index in [4.69, 9.17) is 5.73 Å². The zero-order valence-electron chi connectivity index (χ0n) is 7.78. The summed E-state index contributed by atoms with van der Waals surface area (Å²) in [6, 6.07) is 2.19. The van der Waals surface area contributed by atoms with Crippen molar-refractivity contribution >= 4 is 0 Å². The Morgan fingerprint density at radius 1 is 1.42 bits per heavy atom. The summed E-state index contributed by atoms with van der Waals surface area (Å²) in [6.45, 7) is 4.19. The standard InChI is InChI=1S/C10H16N2/c1-7-6-9(8(2)12-7)10(11)4-3-5-10/h6,12H,3-5,11H2,1-2H3. The molecule has 0 spiro atoms. The number of rotatable bonds is 1. The van der Waals surface area contributed by atoms with Crippen LogP contribution in [0.1, 0.15) is 36.2 Å². The minimum absolute atomic E-state index is 0.00512. The first-order chi connectivity index (χ1) is 5.62. The van der Waals surface area contributed by atoms with Crippen molar-refractivity contribution in [2.75, 3.05) is 0 Å². The van der Waals surface area contributed by atoms with E-state index in [0.717, 1.165) is 12.8 Å². The SMILES string of the molecule is Cc1cc(C2(N)CCC2)c(C)[nH]1. The van der Waals surface area contributed by atoms with E-state index in [1.165, 1.54) is 23.4 Å². The maximum atomic E-state index is 6.22. The third-order valence-electron chi connectivity index (χ3n) is 2.93. The highest BCUT2D eigenvalue weighted by atomic mass is 14.8. The Labute approximate surface area is 73.2 Å². The lowest BCUT2D eigenvalue weighted by molar-refractivity contribution is 0.252. The largest absolute Gasteiger partial charge is 0.362 e. The van der Waals surface area contributed by atoms with E-state index in [2.05, 4.69) is 24.9 Å². The first kappa shape index (κ1) is 7.87. The molecular formula is C10H16N2. The van der Waals surface area contributed by atoms with Gasteiger partial charge in [0.05, 0.1) is 0 Å². The molecule has 1 aromatic rings. The van der Waals surface area contributed by atoms with Crippen molar-refractivity contribution in [3.63, 3.8) is 0 Å². The van der Waals surface area contributed by atoms with Gasteiger partial charge in [-0.1, -0.05) is 0 Å². The van der Waals surface area contributed by atoms with E-state index in [1.807, 2.05) is 0 Å². The van der Waals surface area contributed by atoms with Gasteiger partial charge in [0.15, 0.2) is 0 Å². The first-order valence-corrected chi connectivity index (χ1v) is 4.57. The summed E-state index contributed by atoms with van der Waals surface area (Å²) in [5, 5.41) is 0. The lowest BCUT2D eigenvalue weighted by atomic mass is 9.73. The average molecular weight is 164 g/mol. The molecule has 2 rings (SSSR count). The topological polar surface area (TPSA) is 41.8 Å². The zero-order chi connectivity index (χ0) is 8.77. The van der Waals surface area contributed by atoms with E-state index < -0.39 is 0 Å². The number of hydrogen-bond acceptors (Lipinski definition) is 1. The second-order valence-electron chi connectivity index (χ2n) is 4.00. The molecule has 12 heavy (non-hydrogen) atoms. The lowest BCUT2D eigenvalue weighted by Gasteiger charge is -2.38. The molecule has 0 aliphatic heterocycles. The fraction of sp³-hybridized carbons (Fsp3) is 0.600. The number of nitrogens with one attached hydrogen (secondary N) is 1. The Morgan fingerprint density at radius 2 is 2.08 bits per heavy atom. The fourth-order valence-corrected chi connectivity index (χ4v) is 2.07. The Balaban J connectivity index is 2.38. The van der Waals surface area contributed by atoms with Crippen LogP contribution in [0.2, 0.25) is 0 Å². The quantitative estimate of drug-likeness (QED) is 0.654. The summed E-state index contributed by atoms with van der Waals surface area (Å²) in [7, 11) is 0. The summed E-state index contributed by atoms with van der Waals surface area (Å²) in [5.74, 6) is 0. The summed E-state index contributed by atoms with van der Waals surface area (Å²) in [4.78, 5) is 3.30. The predicted octanol–water partition coefficient (Wildman–Crippen LogP) is 1.97. The van der Waals surface area contributed by atoms with Gasteiger partial charge in [0.2, 0.25) is 0 Å². The van der Waals surface area contributed by atoms with Crippen molar-refractivity contribution < 1.29 is 0 Å². The molecule has 2 nitrogen and oxygen atoms in total. The van der Waals surface area contributed by atoms with Gasteiger partial charge in [-0.3, -0.25) is 0 Å². The number of H-pyrrole nitrogens is 1. The van der Waals surface area contributed by atoms with Gasteiger partial charge >= 0.3 is 0 Å². The third kappa shape index (κ3) is 0.985. The van der Waals surface area contributed by atoms with Crippen LogP contribution in [0.15, 0.2) is 6.07 Å². The average Bonchev–Trinajstić information content (AvgIpc) is 2.25. The zero-order valence-corrected chi connectivity index (χ0v) is 7.78. The molecular weight excluding hydrogens is 148 g/mol. The van der Waals surface area contributed by atoms with Crippen LogP contribution in [0.3, 0.4) is 0 Å². The molecule has 0 bridgehead atoms. The highest BCUT2D eigenvalue weighted by molar-refractivity contribution is 5.33. The molecule has 0 aromatic carbocycles. The van der Waals surface area contributed by atoms with Gasteiger partial charge in [-0.25, -0.2) is 0 Å². The number of aryl methyl sites for hydroxylation is 2. The Hall–Kier alpha value is -0.760.